The summed E-state index contributed by atoms with van der Waals surface area (Å²) in [5.74, 6) is 2.91. The fraction of sp³-hybridized carbons (Fsp3) is 0.485. The molecule has 0 aliphatic rings. The molecule has 2 aromatic rings. The second kappa shape index (κ2) is 16.5. The minimum absolute atomic E-state index is 0.581. The Kier molecular flexibility index (Phi) is 13.3. The Morgan fingerprint density at radius 1 is 0.974 bits per heavy atom. The maximum absolute atomic E-state index is 10.5. The SMILES string of the molecule is C/N=N/C(=C\CCC(C#N)(CCC(C)CCCC(C)C)c1cccc(OC)c1)/C=C/c1cccc(OC)c1. The average molecular weight is 516 g/mol. The van der Waals surface area contributed by atoms with E-state index in [1.54, 1.807) is 21.3 Å². The Hall–Kier alpha value is -3.39. The van der Waals surface area contributed by atoms with Crippen molar-refractivity contribution in [3.8, 4) is 17.6 Å². The first-order chi connectivity index (χ1) is 18.4. The van der Waals surface area contributed by atoms with Gasteiger partial charge in [0, 0.05) is 7.05 Å². The molecule has 5 nitrogen and oxygen atoms in total. The van der Waals surface area contributed by atoms with Crippen LogP contribution in [0.4, 0.5) is 0 Å². The first-order valence-electron chi connectivity index (χ1n) is 13.7. The van der Waals surface area contributed by atoms with Crippen LogP contribution in [0.5, 0.6) is 11.5 Å². The summed E-state index contributed by atoms with van der Waals surface area (Å²) < 4.78 is 10.8. The van der Waals surface area contributed by atoms with Crippen LogP contribution in [0.2, 0.25) is 0 Å². The number of hydrogen-bond donors (Lipinski definition) is 0. The maximum Gasteiger partial charge on any atom is 0.119 e. The molecule has 0 bridgehead atoms. The highest BCUT2D eigenvalue weighted by molar-refractivity contribution is 5.54. The van der Waals surface area contributed by atoms with Crippen LogP contribution in [-0.4, -0.2) is 21.3 Å². The van der Waals surface area contributed by atoms with Crippen LogP contribution in [0.25, 0.3) is 6.08 Å². The van der Waals surface area contributed by atoms with Gasteiger partial charge in [-0.3, -0.25) is 0 Å². The van der Waals surface area contributed by atoms with Crippen molar-refractivity contribution in [2.75, 3.05) is 21.3 Å². The van der Waals surface area contributed by atoms with Crippen LogP contribution in [-0.2, 0) is 5.41 Å². The topological polar surface area (TPSA) is 67.0 Å². The van der Waals surface area contributed by atoms with Gasteiger partial charge in [0.1, 0.15) is 11.5 Å². The van der Waals surface area contributed by atoms with Crippen molar-refractivity contribution in [2.24, 2.45) is 22.1 Å². The number of benzene rings is 2. The van der Waals surface area contributed by atoms with E-state index in [9.17, 15) is 5.26 Å². The summed E-state index contributed by atoms with van der Waals surface area (Å²) >= 11 is 0. The van der Waals surface area contributed by atoms with Crippen LogP contribution in [0, 0.1) is 23.2 Å². The Labute approximate surface area is 230 Å². The molecule has 0 saturated carbocycles. The lowest BCUT2D eigenvalue weighted by molar-refractivity contribution is 0.367. The molecular weight excluding hydrogens is 470 g/mol. The van der Waals surface area contributed by atoms with E-state index in [1.165, 1.54) is 19.3 Å². The van der Waals surface area contributed by atoms with Gasteiger partial charge < -0.3 is 9.47 Å². The lowest BCUT2D eigenvalue weighted by Gasteiger charge is -2.29. The molecule has 0 aromatic heterocycles. The summed E-state index contributed by atoms with van der Waals surface area (Å²) in [6.45, 7) is 6.87. The average Bonchev–Trinajstić information content (AvgIpc) is 2.93. The molecule has 0 amide bonds. The summed E-state index contributed by atoms with van der Waals surface area (Å²) in [5.41, 5.74) is 2.22. The van der Waals surface area contributed by atoms with Gasteiger partial charge in [-0.25, -0.2) is 0 Å². The highest BCUT2D eigenvalue weighted by atomic mass is 16.5. The van der Waals surface area contributed by atoms with Gasteiger partial charge in [0.2, 0.25) is 0 Å². The number of rotatable bonds is 16. The molecule has 2 unspecified atom stereocenters. The Bertz CT molecular complexity index is 1110. The standard InChI is InChI=1S/C33H45N3O2/c1-26(2)11-7-12-27(3)20-22-33(25-34,29-14-9-17-32(24-29)38-6)21-10-15-30(36-35-4)19-18-28-13-8-16-31(23-28)37-5/h8-9,13-19,23-24,26-27H,7,10-12,20-22H2,1-6H3/b19-18+,30-15-,36-35+. The molecule has 0 fully saturated rings. The second-order valence-corrected chi connectivity index (χ2v) is 10.5. The van der Waals surface area contributed by atoms with Crippen LogP contribution in [0.3, 0.4) is 0 Å². The van der Waals surface area contributed by atoms with Crippen molar-refractivity contribution in [1.29, 1.82) is 5.26 Å². The molecule has 38 heavy (non-hydrogen) atoms. The van der Waals surface area contributed by atoms with Gasteiger partial charge in [0.25, 0.3) is 0 Å². The smallest absolute Gasteiger partial charge is 0.119 e. The van der Waals surface area contributed by atoms with Crippen LogP contribution in [0.1, 0.15) is 76.8 Å². The summed E-state index contributed by atoms with van der Waals surface area (Å²) in [6.07, 6.45) is 13.0. The first-order valence-corrected chi connectivity index (χ1v) is 13.7. The van der Waals surface area contributed by atoms with E-state index in [0.717, 1.165) is 47.1 Å². The number of nitriles is 1. The van der Waals surface area contributed by atoms with E-state index in [2.05, 4.69) is 49.2 Å². The molecule has 2 atom stereocenters. The number of nitrogens with zero attached hydrogens (tertiary/aromatic N) is 3. The number of azo groups is 1. The lowest BCUT2D eigenvalue weighted by atomic mass is 9.73. The predicted octanol–water partition coefficient (Wildman–Crippen LogP) is 9.17. The molecule has 0 aliphatic heterocycles. The molecule has 204 valence electrons. The van der Waals surface area contributed by atoms with E-state index in [-0.39, 0.29) is 0 Å². The number of allylic oxidation sites excluding steroid dienone is 2. The highest BCUT2D eigenvalue weighted by Gasteiger charge is 2.32. The van der Waals surface area contributed by atoms with Gasteiger partial charge in [0.15, 0.2) is 0 Å². The predicted molar refractivity (Wildman–Crippen MR) is 157 cm³/mol. The molecular formula is C33H45N3O2. The van der Waals surface area contributed by atoms with Gasteiger partial charge in [-0.15, -0.1) is 0 Å². The van der Waals surface area contributed by atoms with E-state index in [4.69, 9.17) is 9.47 Å². The zero-order valence-corrected chi connectivity index (χ0v) is 24.1. The third kappa shape index (κ3) is 10.2. The molecule has 0 spiro atoms. The minimum atomic E-state index is -0.595. The fourth-order valence-corrected chi connectivity index (χ4v) is 4.67. The molecule has 5 heteroatoms. The third-order valence-corrected chi connectivity index (χ3v) is 7.06. The van der Waals surface area contributed by atoms with Crippen molar-refractivity contribution in [2.45, 2.75) is 71.1 Å². The Balaban J connectivity index is 2.23. The zero-order valence-electron chi connectivity index (χ0n) is 24.1. The summed E-state index contributed by atoms with van der Waals surface area (Å²) in [5, 5.41) is 18.9. The van der Waals surface area contributed by atoms with Crippen molar-refractivity contribution in [3.63, 3.8) is 0 Å². The van der Waals surface area contributed by atoms with Crippen LogP contribution < -0.4 is 9.47 Å². The quantitative estimate of drug-likeness (QED) is 0.165. The third-order valence-electron chi connectivity index (χ3n) is 7.06. The van der Waals surface area contributed by atoms with Crippen molar-refractivity contribution in [1.82, 2.24) is 0 Å². The lowest BCUT2D eigenvalue weighted by Crippen LogP contribution is -2.25. The van der Waals surface area contributed by atoms with Gasteiger partial charge >= 0.3 is 0 Å². The zero-order chi connectivity index (χ0) is 27.8. The van der Waals surface area contributed by atoms with Gasteiger partial charge in [0.05, 0.1) is 31.4 Å². The summed E-state index contributed by atoms with van der Waals surface area (Å²) in [6, 6.07) is 18.6. The molecule has 0 aliphatic carbocycles. The normalized spacial score (nSPS) is 14.5. The fourth-order valence-electron chi connectivity index (χ4n) is 4.67. The monoisotopic (exact) mass is 515 g/mol. The number of methoxy groups -OCH3 is 2. The first kappa shape index (κ1) is 30.8. The van der Waals surface area contributed by atoms with Crippen molar-refractivity contribution < 1.29 is 9.47 Å². The number of hydrogen-bond acceptors (Lipinski definition) is 5. The number of ether oxygens (including phenoxy) is 2. The van der Waals surface area contributed by atoms with E-state index < -0.39 is 5.41 Å². The van der Waals surface area contributed by atoms with Crippen LogP contribution in [0.15, 0.2) is 76.6 Å². The minimum Gasteiger partial charge on any atom is -0.497 e. The maximum atomic E-state index is 10.5. The molecule has 0 heterocycles. The molecule has 0 radical (unpaired) electrons. The molecule has 0 saturated heterocycles. The Morgan fingerprint density at radius 2 is 1.68 bits per heavy atom. The molecule has 0 N–H and O–H groups in total. The van der Waals surface area contributed by atoms with Crippen molar-refractivity contribution in [3.05, 3.63) is 77.5 Å². The van der Waals surface area contributed by atoms with Crippen molar-refractivity contribution >= 4 is 6.08 Å². The second-order valence-electron chi connectivity index (χ2n) is 10.5. The van der Waals surface area contributed by atoms with Gasteiger partial charge in [-0.1, -0.05) is 76.5 Å². The largest absolute Gasteiger partial charge is 0.497 e. The molecule has 2 aromatic carbocycles. The highest BCUT2D eigenvalue weighted by Crippen LogP contribution is 2.37. The van der Waals surface area contributed by atoms with Crippen LogP contribution >= 0.6 is 0 Å². The summed E-state index contributed by atoms with van der Waals surface area (Å²) in [4.78, 5) is 0. The Morgan fingerprint density at radius 3 is 2.34 bits per heavy atom. The molecule has 2 rings (SSSR count). The van der Waals surface area contributed by atoms with E-state index >= 15 is 0 Å². The van der Waals surface area contributed by atoms with Gasteiger partial charge in [-0.2, -0.15) is 15.5 Å². The van der Waals surface area contributed by atoms with Gasteiger partial charge in [-0.05, 0) is 79.0 Å². The summed E-state index contributed by atoms with van der Waals surface area (Å²) in [7, 11) is 5.00. The van der Waals surface area contributed by atoms with E-state index in [0.29, 0.717) is 18.8 Å². The van der Waals surface area contributed by atoms with E-state index in [1.807, 2.05) is 54.6 Å².